The maximum Gasteiger partial charge on any atom is 0.275 e. The van der Waals surface area contributed by atoms with Gasteiger partial charge in [0.15, 0.2) is 11.5 Å². The van der Waals surface area contributed by atoms with E-state index in [2.05, 4.69) is 25.5 Å². The van der Waals surface area contributed by atoms with E-state index >= 15 is 0 Å². The molecule has 34 heavy (non-hydrogen) atoms. The molecule has 1 aliphatic rings. The number of aromatic amines is 1. The summed E-state index contributed by atoms with van der Waals surface area (Å²) in [6.45, 7) is 2.69. The van der Waals surface area contributed by atoms with Crippen LogP contribution < -0.4 is 5.32 Å². The van der Waals surface area contributed by atoms with Crippen molar-refractivity contribution in [2.75, 3.05) is 39.3 Å². The lowest BCUT2D eigenvalue weighted by Crippen LogP contribution is -2.53. The molecule has 3 aromatic rings. The lowest BCUT2D eigenvalue weighted by atomic mass is 10.1. The van der Waals surface area contributed by atoms with Gasteiger partial charge in [-0.25, -0.2) is 4.39 Å². The highest BCUT2D eigenvalue weighted by atomic mass is 19.1. The molecule has 0 radical (unpaired) electrons. The van der Waals surface area contributed by atoms with Crippen molar-refractivity contribution in [3.05, 3.63) is 77.9 Å². The van der Waals surface area contributed by atoms with Gasteiger partial charge >= 0.3 is 0 Å². The van der Waals surface area contributed by atoms with Crippen molar-refractivity contribution in [1.29, 1.82) is 0 Å². The van der Waals surface area contributed by atoms with Crippen LogP contribution in [0.15, 0.2) is 55.1 Å². The SMILES string of the molecule is O=C(NCCOCc1ccccc1)C(c1cnccn1)N1CCN(C(=O)c2[nH]ncc2F)CC1. The van der Waals surface area contributed by atoms with E-state index in [0.29, 0.717) is 51.6 Å². The average Bonchev–Trinajstić information content (AvgIpc) is 3.31. The van der Waals surface area contributed by atoms with Gasteiger partial charge in [-0.15, -0.1) is 0 Å². The minimum Gasteiger partial charge on any atom is -0.375 e. The molecule has 0 aliphatic carbocycles. The van der Waals surface area contributed by atoms with Crippen LogP contribution in [0.5, 0.6) is 0 Å². The van der Waals surface area contributed by atoms with E-state index in [1.165, 1.54) is 4.90 Å². The molecule has 1 fully saturated rings. The Balaban J connectivity index is 1.32. The highest BCUT2D eigenvalue weighted by Crippen LogP contribution is 2.21. The van der Waals surface area contributed by atoms with Gasteiger partial charge in [0.2, 0.25) is 5.91 Å². The summed E-state index contributed by atoms with van der Waals surface area (Å²) in [5.41, 5.74) is 1.42. The molecule has 2 N–H and O–H groups in total. The molecule has 1 unspecified atom stereocenters. The Hall–Kier alpha value is -3.70. The van der Waals surface area contributed by atoms with Gasteiger partial charge in [-0.05, 0) is 5.56 Å². The van der Waals surface area contributed by atoms with Gasteiger partial charge in [-0.3, -0.25) is 29.6 Å². The van der Waals surface area contributed by atoms with Crippen LogP contribution in [-0.2, 0) is 16.1 Å². The van der Waals surface area contributed by atoms with E-state index in [1.807, 2.05) is 35.2 Å². The van der Waals surface area contributed by atoms with Crippen molar-refractivity contribution in [3.8, 4) is 0 Å². The Kier molecular flexibility index (Phi) is 7.89. The molecule has 1 atom stereocenters. The molecule has 2 amide bonds. The zero-order valence-corrected chi connectivity index (χ0v) is 18.6. The zero-order chi connectivity index (χ0) is 23.8. The van der Waals surface area contributed by atoms with Crippen molar-refractivity contribution in [1.82, 2.24) is 35.3 Å². The summed E-state index contributed by atoms with van der Waals surface area (Å²) in [5, 5.41) is 8.88. The Morgan fingerprint density at radius 3 is 2.59 bits per heavy atom. The molecular formula is C23H26FN7O3. The third-order valence-electron chi connectivity index (χ3n) is 5.54. The first-order chi connectivity index (χ1) is 16.6. The third-order valence-corrected chi connectivity index (χ3v) is 5.54. The number of halogens is 1. The van der Waals surface area contributed by atoms with E-state index in [-0.39, 0.29) is 11.6 Å². The highest BCUT2D eigenvalue weighted by Gasteiger charge is 2.33. The van der Waals surface area contributed by atoms with Crippen molar-refractivity contribution >= 4 is 11.8 Å². The minimum absolute atomic E-state index is 0.160. The summed E-state index contributed by atoms with van der Waals surface area (Å²) in [5.74, 6) is -1.35. The van der Waals surface area contributed by atoms with Gasteiger partial charge in [0, 0.05) is 45.1 Å². The summed E-state index contributed by atoms with van der Waals surface area (Å²) in [6, 6.07) is 9.14. The van der Waals surface area contributed by atoms with Gasteiger partial charge in [-0.2, -0.15) is 5.10 Å². The molecule has 10 nitrogen and oxygen atoms in total. The van der Waals surface area contributed by atoms with Gasteiger partial charge in [0.1, 0.15) is 6.04 Å². The quantitative estimate of drug-likeness (QED) is 0.454. The molecule has 178 valence electrons. The summed E-state index contributed by atoms with van der Waals surface area (Å²) < 4.78 is 19.4. The smallest absolute Gasteiger partial charge is 0.275 e. The van der Waals surface area contributed by atoms with E-state index in [0.717, 1.165) is 11.8 Å². The zero-order valence-electron chi connectivity index (χ0n) is 18.6. The second kappa shape index (κ2) is 11.4. The number of ether oxygens (including phenoxy) is 1. The summed E-state index contributed by atoms with van der Waals surface area (Å²) in [4.78, 5) is 37.6. The van der Waals surface area contributed by atoms with Crippen molar-refractivity contribution in [3.63, 3.8) is 0 Å². The van der Waals surface area contributed by atoms with E-state index in [9.17, 15) is 14.0 Å². The Morgan fingerprint density at radius 2 is 1.91 bits per heavy atom. The van der Waals surface area contributed by atoms with Crippen LogP contribution >= 0.6 is 0 Å². The highest BCUT2D eigenvalue weighted by molar-refractivity contribution is 5.92. The number of amides is 2. The molecule has 4 rings (SSSR count). The number of hydrogen-bond acceptors (Lipinski definition) is 7. The molecule has 0 spiro atoms. The molecule has 0 bridgehead atoms. The second-order valence-electron chi connectivity index (χ2n) is 7.78. The fourth-order valence-electron chi connectivity index (χ4n) is 3.81. The number of H-pyrrole nitrogens is 1. The summed E-state index contributed by atoms with van der Waals surface area (Å²) >= 11 is 0. The van der Waals surface area contributed by atoms with E-state index in [4.69, 9.17) is 4.74 Å². The Labute approximate surface area is 196 Å². The van der Waals surface area contributed by atoms with Crippen molar-refractivity contribution in [2.45, 2.75) is 12.6 Å². The fourth-order valence-corrected chi connectivity index (χ4v) is 3.81. The molecule has 1 aliphatic heterocycles. The third kappa shape index (κ3) is 5.80. The number of nitrogens with one attached hydrogen (secondary N) is 2. The molecule has 2 aromatic heterocycles. The van der Waals surface area contributed by atoms with Crippen LogP contribution in [-0.4, -0.2) is 81.1 Å². The predicted octanol–water partition coefficient (Wildman–Crippen LogP) is 1.17. The monoisotopic (exact) mass is 467 g/mol. The molecule has 0 saturated carbocycles. The number of carbonyl (C=O) groups is 2. The summed E-state index contributed by atoms with van der Waals surface area (Å²) in [6.07, 6.45) is 5.62. The standard InChI is InChI=1S/C23H26FN7O3/c24-18-14-28-29-20(18)23(33)31-11-9-30(10-12-31)21(19-15-25-6-7-26-19)22(32)27-8-13-34-16-17-4-2-1-3-5-17/h1-7,14-15,21H,8-13,16H2,(H,27,32)(H,28,29). The van der Waals surface area contributed by atoms with Crippen LogP contribution in [0.4, 0.5) is 4.39 Å². The number of nitrogens with zero attached hydrogens (tertiary/aromatic N) is 5. The lowest BCUT2D eigenvalue weighted by molar-refractivity contribution is -0.127. The number of carbonyl (C=O) groups excluding carboxylic acids is 2. The van der Waals surface area contributed by atoms with Crippen LogP contribution in [0.3, 0.4) is 0 Å². The molecule has 11 heteroatoms. The van der Waals surface area contributed by atoms with Crippen LogP contribution in [0.1, 0.15) is 27.8 Å². The Morgan fingerprint density at radius 1 is 1.12 bits per heavy atom. The number of aromatic nitrogens is 4. The number of piperazine rings is 1. The van der Waals surface area contributed by atoms with E-state index < -0.39 is 17.8 Å². The predicted molar refractivity (Wildman–Crippen MR) is 120 cm³/mol. The maximum atomic E-state index is 13.7. The molecule has 3 heterocycles. The first-order valence-corrected chi connectivity index (χ1v) is 11.0. The van der Waals surface area contributed by atoms with Gasteiger partial charge in [-0.1, -0.05) is 30.3 Å². The van der Waals surface area contributed by atoms with Gasteiger partial charge in [0.05, 0.1) is 31.3 Å². The number of hydrogen-bond donors (Lipinski definition) is 2. The van der Waals surface area contributed by atoms with Crippen LogP contribution in [0.2, 0.25) is 0 Å². The first-order valence-electron chi connectivity index (χ1n) is 11.0. The topological polar surface area (TPSA) is 116 Å². The maximum absolute atomic E-state index is 13.7. The number of benzene rings is 1. The van der Waals surface area contributed by atoms with Crippen molar-refractivity contribution < 1.29 is 18.7 Å². The molecule has 1 aromatic carbocycles. The van der Waals surface area contributed by atoms with Crippen LogP contribution in [0, 0.1) is 5.82 Å². The molecular weight excluding hydrogens is 441 g/mol. The lowest BCUT2D eigenvalue weighted by Gasteiger charge is -2.38. The molecule has 1 saturated heterocycles. The van der Waals surface area contributed by atoms with Gasteiger partial charge in [0.25, 0.3) is 5.91 Å². The Bertz CT molecular complexity index is 1070. The normalized spacial score (nSPS) is 15.1. The summed E-state index contributed by atoms with van der Waals surface area (Å²) in [7, 11) is 0. The van der Waals surface area contributed by atoms with Crippen molar-refractivity contribution in [2.24, 2.45) is 0 Å². The van der Waals surface area contributed by atoms with Gasteiger partial charge < -0.3 is 15.0 Å². The second-order valence-corrected chi connectivity index (χ2v) is 7.78. The average molecular weight is 468 g/mol. The fraction of sp³-hybridized carbons (Fsp3) is 0.348. The minimum atomic E-state index is -0.682. The first kappa shape index (κ1) is 23.5. The largest absolute Gasteiger partial charge is 0.375 e. The van der Waals surface area contributed by atoms with E-state index in [1.54, 1.807) is 18.6 Å². The number of rotatable bonds is 9. The van der Waals surface area contributed by atoms with Crippen LogP contribution in [0.25, 0.3) is 0 Å².